The van der Waals surface area contributed by atoms with Crippen LogP contribution in [-0.4, -0.2) is 47.9 Å². The van der Waals surface area contributed by atoms with Crippen LogP contribution < -0.4 is 10.6 Å². The zero-order valence-electron chi connectivity index (χ0n) is 16.5. The molecule has 0 spiro atoms. The lowest BCUT2D eigenvalue weighted by Crippen LogP contribution is -2.43. The van der Waals surface area contributed by atoms with Crippen LogP contribution in [0, 0.1) is 0 Å². The third-order valence-corrected chi connectivity index (χ3v) is 5.59. The Labute approximate surface area is 191 Å². The normalized spacial score (nSPS) is 16.0. The van der Waals surface area contributed by atoms with Crippen molar-refractivity contribution in [2.75, 3.05) is 18.4 Å². The zero-order chi connectivity index (χ0) is 23.5. The third-order valence-electron chi connectivity index (χ3n) is 4.85. The summed E-state index contributed by atoms with van der Waals surface area (Å²) >= 11 is 11.9. The van der Waals surface area contributed by atoms with Gasteiger partial charge in [-0.2, -0.15) is 13.2 Å². The standard InChI is InChI=1S/C21H18Cl2F3N3O3/c22-15-8-5-13(10-16(15)23)20(32)29-9-1-2-17(29)19(31)28-14-6-3-12(4-7-14)18(30)27-11-21(24,25)26/h3-8,10,17H,1-2,9,11H2,(H,27,30)(H,28,31). The second kappa shape index (κ2) is 9.79. The Bertz CT molecular complexity index is 1030. The van der Waals surface area contributed by atoms with Crippen LogP contribution in [0.1, 0.15) is 33.6 Å². The predicted octanol–water partition coefficient (Wildman–Crippen LogP) is 4.53. The van der Waals surface area contributed by atoms with Gasteiger partial charge in [0.15, 0.2) is 0 Å². The van der Waals surface area contributed by atoms with Gasteiger partial charge in [0.2, 0.25) is 5.91 Å². The van der Waals surface area contributed by atoms with Crippen molar-refractivity contribution in [2.24, 2.45) is 0 Å². The molecule has 1 unspecified atom stereocenters. The van der Waals surface area contributed by atoms with Crippen molar-refractivity contribution in [1.29, 1.82) is 0 Å². The van der Waals surface area contributed by atoms with Gasteiger partial charge in [-0.15, -0.1) is 0 Å². The number of carbonyl (C=O) groups excluding carboxylic acids is 3. The summed E-state index contributed by atoms with van der Waals surface area (Å²) in [6.07, 6.45) is -3.40. The van der Waals surface area contributed by atoms with Gasteiger partial charge in [0.25, 0.3) is 11.8 Å². The second-order valence-electron chi connectivity index (χ2n) is 7.15. The fourth-order valence-corrected chi connectivity index (χ4v) is 3.59. The summed E-state index contributed by atoms with van der Waals surface area (Å²) < 4.78 is 36.7. The van der Waals surface area contributed by atoms with E-state index in [2.05, 4.69) is 5.32 Å². The van der Waals surface area contributed by atoms with Gasteiger partial charge in [-0.1, -0.05) is 23.2 Å². The number of benzene rings is 2. The monoisotopic (exact) mass is 487 g/mol. The van der Waals surface area contributed by atoms with Gasteiger partial charge in [-0.3, -0.25) is 14.4 Å². The van der Waals surface area contributed by atoms with Crippen LogP contribution >= 0.6 is 23.2 Å². The summed E-state index contributed by atoms with van der Waals surface area (Å²) in [6.45, 7) is -1.04. The molecular formula is C21H18Cl2F3N3O3. The van der Waals surface area contributed by atoms with Gasteiger partial charge in [0, 0.05) is 23.4 Å². The third kappa shape index (κ3) is 5.92. The highest BCUT2D eigenvalue weighted by Gasteiger charge is 2.34. The van der Waals surface area contributed by atoms with Crippen LogP contribution in [-0.2, 0) is 4.79 Å². The Morgan fingerprint density at radius 2 is 1.66 bits per heavy atom. The Hall–Kier alpha value is -2.78. The molecule has 0 aromatic heterocycles. The van der Waals surface area contributed by atoms with Gasteiger partial charge in [0.05, 0.1) is 10.0 Å². The van der Waals surface area contributed by atoms with Crippen molar-refractivity contribution in [3.63, 3.8) is 0 Å². The summed E-state index contributed by atoms with van der Waals surface area (Å²) in [5, 5.41) is 4.99. The maximum Gasteiger partial charge on any atom is 0.405 e. The molecule has 0 saturated carbocycles. The number of halogens is 5. The largest absolute Gasteiger partial charge is 0.405 e. The van der Waals surface area contributed by atoms with E-state index in [-0.39, 0.29) is 16.5 Å². The van der Waals surface area contributed by atoms with Gasteiger partial charge in [0.1, 0.15) is 12.6 Å². The highest BCUT2D eigenvalue weighted by atomic mass is 35.5. The smallest absolute Gasteiger partial charge is 0.343 e. The summed E-state index contributed by atoms with van der Waals surface area (Å²) in [5.74, 6) is -1.64. The lowest BCUT2D eigenvalue weighted by atomic mass is 10.1. The predicted molar refractivity (Wildman–Crippen MR) is 114 cm³/mol. The van der Waals surface area contributed by atoms with E-state index in [0.29, 0.717) is 35.7 Å². The Morgan fingerprint density at radius 1 is 1.00 bits per heavy atom. The number of nitrogens with one attached hydrogen (secondary N) is 2. The molecular weight excluding hydrogens is 470 g/mol. The van der Waals surface area contributed by atoms with Gasteiger partial charge < -0.3 is 15.5 Å². The van der Waals surface area contributed by atoms with Crippen molar-refractivity contribution in [3.8, 4) is 0 Å². The number of amides is 3. The number of nitrogens with zero attached hydrogens (tertiary/aromatic N) is 1. The molecule has 3 rings (SSSR count). The first-order chi connectivity index (χ1) is 15.0. The SMILES string of the molecule is O=C(NCC(F)(F)F)c1ccc(NC(=O)C2CCCN2C(=O)c2ccc(Cl)c(Cl)c2)cc1. The molecule has 1 atom stereocenters. The Morgan fingerprint density at radius 3 is 2.28 bits per heavy atom. The molecule has 1 saturated heterocycles. The highest BCUT2D eigenvalue weighted by molar-refractivity contribution is 6.42. The minimum atomic E-state index is -4.51. The molecule has 1 aliphatic rings. The molecule has 11 heteroatoms. The van der Waals surface area contributed by atoms with Crippen molar-refractivity contribution < 1.29 is 27.6 Å². The van der Waals surface area contributed by atoms with E-state index in [0.717, 1.165) is 0 Å². The molecule has 6 nitrogen and oxygen atoms in total. The molecule has 0 bridgehead atoms. The molecule has 0 aliphatic carbocycles. The number of hydrogen-bond donors (Lipinski definition) is 2. The van der Waals surface area contributed by atoms with Crippen molar-refractivity contribution in [3.05, 3.63) is 63.6 Å². The number of alkyl halides is 3. The van der Waals surface area contributed by atoms with Crippen LogP contribution in [0.25, 0.3) is 0 Å². The maximum absolute atomic E-state index is 12.8. The van der Waals surface area contributed by atoms with Crippen LogP contribution in [0.4, 0.5) is 18.9 Å². The van der Waals surface area contributed by atoms with E-state index in [9.17, 15) is 27.6 Å². The lowest BCUT2D eigenvalue weighted by Gasteiger charge is -2.24. The first-order valence-electron chi connectivity index (χ1n) is 9.57. The second-order valence-corrected chi connectivity index (χ2v) is 7.96. The van der Waals surface area contributed by atoms with Gasteiger partial charge in [-0.05, 0) is 55.3 Å². The topological polar surface area (TPSA) is 78.5 Å². The molecule has 1 fully saturated rings. The summed E-state index contributed by atoms with van der Waals surface area (Å²) in [7, 11) is 0. The molecule has 2 aromatic rings. The van der Waals surface area contributed by atoms with E-state index in [4.69, 9.17) is 23.2 Å². The number of rotatable bonds is 5. The molecule has 2 aromatic carbocycles. The number of likely N-dealkylation sites (tertiary alicyclic amines) is 1. The number of carbonyl (C=O) groups is 3. The van der Waals surface area contributed by atoms with Crippen molar-refractivity contribution in [1.82, 2.24) is 10.2 Å². The number of hydrogen-bond acceptors (Lipinski definition) is 3. The summed E-state index contributed by atoms with van der Waals surface area (Å²) in [6, 6.07) is 9.19. The average molecular weight is 488 g/mol. The van der Waals surface area contributed by atoms with Gasteiger partial charge >= 0.3 is 6.18 Å². The lowest BCUT2D eigenvalue weighted by molar-refractivity contribution is -0.123. The van der Waals surface area contributed by atoms with E-state index in [1.54, 1.807) is 5.32 Å². The molecule has 2 N–H and O–H groups in total. The quantitative estimate of drug-likeness (QED) is 0.650. The van der Waals surface area contributed by atoms with Crippen LogP contribution in [0.15, 0.2) is 42.5 Å². The summed E-state index contributed by atoms with van der Waals surface area (Å²) in [4.78, 5) is 38.8. The molecule has 32 heavy (non-hydrogen) atoms. The highest BCUT2D eigenvalue weighted by Crippen LogP contribution is 2.26. The maximum atomic E-state index is 12.8. The van der Waals surface area contributed by atoms with E-state index < -0.39 is 30.6 Å². The van der Waals surface area contributed by atoms with Crippen LogP contribution in [0.3, 0.4) is 0 Å². The molecule has 1 aliphatic heterocycles. The molecule has 3 amide bonds. The first-order valence-corrected chi connectivity index (χ1v) is 10.3. The average Bonchev–Trinajstić information content (AvgIpc) is 3.23. The van der Waals surface area contributed by atoms with Crippen molar-refractivity contribution in [2.45, 2.75) is 25.1 Å². The molecule has 1 heterocycles. The Balaban J connectivity index is 1.63. The van der Waals surface area contributed by atoms with E-state index >= 15 is 0 Å². The van der Waals surface area contributed by atoms with Crippen LogP contribution in [0.5, 0.6) is 0 Å². The Kier molecular flexibility index (Phi) is 7.30. The number of anilines is 1. The van der Waals surface area contributed by atoms with E-state index in [1.165, 1.54) is 47.4 Å². The molecule has 170 valence electrons. The minimum absolute atomic E-state index is 0.0181. The van der Waals surface area contributed by atoms with Crippen LogP contribution in [0.2, 0.25) is 10.0 Å². The molecule has 0 radical (unpaired) electrons. The van der Waals surface area contributed by atoms with Gasteiger partial charge in [-0.25, -0.2) is 0 Å². The minimum Gasteiger partial charge on any atom is -0.343 e. The van der Waals surface area contributed by atoms with E-state index in [1.807, 2.05) is 0 Å². The van der Waals surface area contributed by atoms with Crippen molar-refractivity contribution >= 4 is 46.6 Å². The fourth-order valence-electron chi connectivity index (χ4n) is 3.29. The fraction of sp³-hybridized carbons (Fsp3) is 0.286. The summed E-state index contributed by atoms with van der Waals surface area (Å²) in [5.41, 5.74) is 0.675. The zero-order valence-corrected chi connectivity index (χ0v) is 18.0. The first kappa shape index (κ1) is 23.9.